The van der Waals surface area contributed by atoms with Gasteiger partial charge < -0.3 is 4.90 Å². The second-order valence-electron chi connectivity index (χ2n) is 7.14. The molecule has 4 rings (SSSR count). The lowest BCUT2D eigenvalue weighted by atomic mass is 9.91. The molecule has 0 saturated heterocycles. The Morgan fingerprint density at radius 3 is 2.42 bits per heavy atom. The van der Waals surface area contributed by atoms with Gasteiger partial charge in [-0.05, 0) is 79.6 Å². The van der Waals surface area contributed by atoms with Gasteiger partial charge in [-0.2, -0.15) is 0 Å². The Hall–Kier alpha value is -2.34. The van der Waals surface area contributed by atoms with Gasteiger partial charge in [0.25, 0.3) is 10.0 Å². The van der Waals surface area contributed by atoms with Crippen molar-refractivity contribution in [2.45, 2.75) is 44.4 Å². The molecule has 1 N–H and O–H groups in total. The summed E-state index contributed by atoms with van der Waals surface area (Å²) in [5.74, 6) is 0.168. The van der Waals surface area contributed by atoms with E-state index in [0.717, 1.165) is 47.3 Å². The zero-order valence-electron chi connectivity index (χ0n) is 15.0. The molecule has 6 heteroatoms. The van der Waals surface area contributed by atoms with Gasteiger partial charge in [0.15, 0.2) is 0 Å². The van der Waals surface area contributed by atoms with Crippen LogP contribution in [0.4, 0.5) is 11.4 Å². The summed E-state index contributed by atoms with van der Waals surface area (Å²) in [7, 11) is -3.64. The van der Waals surface area contributed by atoms with Crippen molar-refractivity contribution in [1.29, 1.82) is 0 Å². The fraction of sp³-hybridized carbons (Fsp3) is 0.350. The van der Waals surface area contributed by atoms with Gasteiger partial charge in [0.1, 0.15) is 0 Å². The van der Waals surface area contributed by atoms with Crippen molar-refractivity contribution in [3.63, 3.8) is 0 Å². The average Bonchev–Trinajstić information content (AvgIpc) is 2.60. The number of amides is 1. The van der Waals surface area contributed by atoms with Gasteiger partial charge in [0.05, 0.1) is 10.6 Å². The van der Waals surface area contributed by atoms with Gasteiger partial charge in [-0.25, -0.2) is 8.42 Å². The number of benzene rings is 2. The first-order chi connectivity index (χ1) is 12.3. The van der Waals surface area contributed by atoms with E-state index in [4.69, 9.17) is 0 Å². The van der Waals surface area contributed by atoms with E-state index in [9.17, 15) is 13.2 Å². The van der Waals surface area contributed by atoms with Crippen LogP contribution in [0, 0.1) is 13.8 Å². The molecule has 0 bridgehead atoms. The predicted molar refractivity (Wildman–Crippen MR) is 102 cm³/mol. The first kappa shape index (κ1) is 17.1. The van der Waals surface area contributed by atoms with Crippen LogP contribution in [0.2, 0.25) is 0 Å². The monoisotopic (exact) mass is 370 g/mol. The molecule has 0 saturated carbocycles. The molecule has 0 radical (unpaired) electrons. The van der Waals surface area contributed by atoms with Crippen LogP contribution in [0.1, 0.15) is 35.1 Å². The smallest absolute Gasteiger partial charge is 0.261 e. The maximum Gasteiger partial charge on any atom is 0.261 e. The molecule has 5 nitrogen and oxygen atoms in total. The number of anilines is 2. The van der Waals surface area contributed by atoms with Crippen LogP contribution >= 0.6 is 0 Å². The normalized spacial score (nSPS) is 16.4. The Morgan fingerprint density at radius 1 is 0.962 bits per heavy atom. The molecule has 0 aromatic heterocycles. The highest BCUT2D eigenvalue weighted by molar-refractivity contribution is 7.92. The first-order valence-electron chi connectivity index (χ1n) is 8.91. The third-order valence-electron chi connectivity index (χ3n) is 5.32. The third-order valence-corrected chi connectivity index (χ3v) is 6.69. The van der Waals surface area contributed by atoms with Crippen LogP contribution in [0.5, 0.6) is 0 Å². The van der Waals surface area contributed by atoms with Crippen molar-refractivity contribution in [2.75, 3.05) is 16.2 Å². The number of nitrogens with zero attached hydrogens (tertiary/aromatic N) is 1. The molecule has 2 heterocycles. The molecule has 0 unspecified atom stereocenters. The molecule has 2 aliphatic heterocycles. The van der Waals surface area contributed by atoms with E-state index in [0.29, 0.717) is 18.5 Å². The summed E-state index contributed by atoms with van der Waals surface area (Å²) in [5, 5.41) is 0. The van der Waals surface area contributed by atoms with Gasteiger partial charge in [-0.3, -0.25) is 9.52 Å². The molecule has 0 spiro atoms. The molecular formula is C20H22N2O3S. The summed E-state index contributed by atoms with van der Waals surface area (Å²) in [5.41, 5.74) is 5.70. The number of rotatable bonds is 3. The zero-order chi connectivity index (χ0) is 18.5. The number of hydrogen-bond acceptors (Lipinski definition) is 3. The van der Waals surface area contributed by atoms with Crippen molar-refractivity contribution in [3.8, 4) is 0 Å². The number of hydrogen-bond donors (Lipinski definition) is 1. The Balaban J connectivity index is 1.71. The summed E-state index contributed by atoms with van der Waals surface area (Å²) < 4.78 is 28.3. The van der Waals surface area contributed by atoms with E-state index in [1.54, 1.807) is 12.1 Å². The highest BCUT2D eigenvalue weighted by atomic mass is 32.2. The SMILES string of the molecule is Cc1ccc(S(=O)(=O)Nc2cc3c4c(c2)CCC(=O)N4CCC3)cc1C. The van der Waals surface area contributed by atoms with Crippen molar-refractivity contribution in [1.82, 2.24) is 0 Å². The van der Waals surface area contributed by atoms with Crippen molar-refractivity contribution < 1.29 is 13.2 Å². The van der Waals surface area contributed by atoms with E-state index in [2.05, 4.69) is 4.72 Å². The molecule has 2 aromatic rings. The quantitative estimate of drug-likeness (QED) is 0.901. The predicted octanol–water partition coefficient (Wildman–Crippen LogP) is 3.33. The van der Waals surface area contributed by atoms with E-state index >= 15 is 0 Å². The molecule has 0 aliphatic carbocycles. The summed E-state index contributed by atoms with van der Waals surface area (Å²) >= 11 is 0. The van der Waals surface area contributed by atoms with Crippen LogP contribution in [0.15, 0.2) is 35.2 Å². The lowest BCUT2D eigenvalue weighted by Gasteiger charge is -2.35. The van der Waals surface area contributed by atoms with E-state index in [1.165, 1.54) is 0 Å². The van der Waals surface area contributed by atoms with Crippen molar-refractivity contribution >= 4 is 27.3 Å². The molecule has 2 aromatic carbocycles. The van der Waals surface area contributed by atoms with Crippen LogP contribution < -0.4 is 9.62 Å². The molecule has 2 aliphatic rings. The summed E-state index contributed by atoms with van der Waals surface area (Å²) in [6, 6.07) is 8.91. The summed E-state index contributed by atoms with van der Waals surface area (Å²) in [6.45, 7) is 4.62. The number of sulfonamides is 1. The fourth-order valence-corrected chi connectivity index (χ4v) is 4.93. The lowest BCUT2D eigenvalue weighted by molar-refractivity contribution is -0.119. The third kappa shape index (κ3) is 2.88. The molecular weight excluding hydrogens is 348 g/mol. The van der Waals surface area contributed by atoms with Crippen LogP contribution in [0.25, 0.3) is 0 Å². The van der Waals surface area contributed by atoms with E-state index < -0.39 is 10.0 Å². The average molecular weight is 370 g/mol. The second kappa shape index (κ2) is 6.13. The number of carbonyl (C=O) groups excluding carboxylic acids is 1. The fourth-order valence-electron chi connectivity index (χ4n) is 3.81. The molecule has 1 amide bonds. The highest BCUT2D eigenvalue weighted by Crippen LogP contribution is 2.38. The lowest BCUT2D eigenvalue weighted by Crippen LogP contribution is -2.39. The zero-order valence-corrected chi connectivity index (χ0v) is 15.8. The highest BCUT2D eigenvalue weighted by Gasteiger charge is 2.30. The number of aryl methyl sites for hydroxylation is 4. The molecule has 0 atom stereocenters. The number of nitrogens with one attached hydrogen (secondary N) is 1. The van der Waals surface area contributed by atoms with Crippen molar-refractivity contribution in [2.24, 2.45) is 0 Å². The Bertz CT molecular complexity index is 995. The minimum Gasteiger partial charge on any atom is -0.312 e. The topological polar surface area (TPSA) is 66.5 Å². The van der Waals surface area contributed by atoms with Crippen LogP contribution in [-0.4, -0.2) is 20.9 Å². The summed E-state index contributed by atoms with van der Waals surface area (Å²) in [6.07, 6.45) is 2.92. The Morgan fingerprint density at radius 2 is 1.69 bits per heavy atom. The molecule has 26 heavy (non-hydrogen) atoms. The van der Waals surface area contributed by atoms with Gasteiger partial charge >= 0.3 is 0 Å². The van der Waals surface area contributed by atoms with Gasteiger partial charge in [0.2, 0.25) is 5.91 Å². The largest absolute Gasteiger partial charge is 0.312 e. The Kier molecular flexibility index (Phi) is 4.03. The summed E-state index contributed by atoms with van der Waals surface area (Å²) in [4.78, 5) is 14.3. The standard InChI is InChI=1S/C20H22N2O3S/c1-13-5-7-18(10-14(13)2)26(24,25)21-17-11-15-4-3-9-22-19(23)8-6-16(12-17)20(15)22/h5,7,10-12,21H,3-4,6,8-9H2,1-2H3. The van der Waals surface area contributed by atoms with E-state index in [-0.39, 0.29) is 10.8 Å². The maximum atomic E-state index is 12.8. The molecule has 136 valence electrons. The molecule has 0 fully saturated rings. The first-order valence-corrected chi connectivity index (χ1v) is 10.4. The van der Waals surface area contributed by atoms with Crippen molar-refractivity contribution in [3.05, 3.63) is 52.6 Å². The van der Waals surface area contributed by atoms with Gasteiger partial charge in [-0.1, -0.05) is 6.07 Å². The van der Waals surface area contributed by atoms with Crippen LogP contribution in [0.3, 0.4) is 0 Å². The Labute approximate surface area is 154 Å². The van der Waals surface area contributed by atoms with E-state index in [1.807, 2.05) is 36.9 Å². The van der Waals surface area contributed by atoms with Gasteiger partial charge in [-0.15, -0.1) is 0 Å². The van der Waals surface area contributed by atoms with Crippen LogP contribution in [-0.2, 0) is 27.7 Å². The number of carbonyl (C=O) groups is 1. The van der Waals surface area contributed by atoms with Gasteiger partial charge in [0, 0.05) is 18.7 Å². The minimum atomic E-state index is -3.64. The maximum absolute atomic E-state index is 12.8. The second-order valence-corrected chi connectivity index (χ2v) is 8.83. The minimum absolute atomic E-state index is 0.168.